The molecule has 0 spiro atoms. The number of fused-ring (bicyclic) bond motifs is 2. The summed E-state index contributed by atoms with van der Waals surface area (Å²) in [5.74, 6) is 0.229. The number of anilines is 1. The van der Waals surface area contributed by atoms with Gasteiger partial charge in [0.1, 0.15) is 36.5 Å². The summed E-state index contributed by atoms with van der Waals surface area (Å²) in [5, 5.41) is 0. The zero-order valence-electron chi connectivity index (χ0n) is 21.5. The molecule has 0 saturated carbocycles. The van der Waals surface area contributed by atoms with Gasteiger partial charge in [0, 0.05) is 13.0 Å². The number of nitrogen functional groups attached to an aromatic ring is 1. The molecule has 2 aliphatic rings. The van der Waals surface area contributed by atoms with Crippen LogP contribution in [0.4, 0.5) is 5.82 Å². The lowest BCUT2D eigenvalue weighted by Gasteiger charge is -2.20. The number of nitrogens with zero attached hydrogens (tertiary/aromatic N) is 7. The summed E-state index contributed by atoms with van der Waals surface area (Å²) in [5.41, 5.74) is 6.45. The summed E-state index contributed by atoms with van der Waals surface area (Å²) in [7, 11) is -9.31. The van der Waals surface area contributed by atoms with E-state index in [9.17, 15) is 17.8 Å². The highest BCUT2D eigenvalue weighted by Gasteiger charge is 2.42. The largest absolute Gasteiger partial charge is 0.469 e. The van der Waals surface area contributed by atoms with Gasteiger partial charge in [-0.05, 0) is 12.8 Å². The van der Waals surface area contributed by atoms with Gasteiger partial charge in [0.2, 0.25) is 0 Å². The minimum absolute atomic E-state index is 0.0252. The molecule has 2 saturated heterocycles. The van der Waals surface area contributed by atoms with Crippen LogP contribution in [0.3, 0.4) is 0 Å². The number of hydrogen-bond donors (Lipinski definition) is 5. The second-order valence-electron chi connectivity index (χ2n) is 9.52. The molecule has 6 rings (SSSR count). The highest BCUT2D eigenvalue weighted by molar-refractivity contribution is 7.84. The molecule has 22 heteroatoms. The van der Waals surface area contributed by atoms with Crippen LogP contribution in [-0.2, 0) is 33.0 Å². The van der Waals surface area contributed by atoms with Crippen molar-refractivity contribution in [3.63, 3.8) is 0 Å². The van der Waals surface area contributed by atoms with Crippen molar-refractivity contribution in [3.05, 3.63) is 35.7 Å². The third-order valence-corrected chi connectivity index (χ3v) is 8.29. The molecular weight excluding hydrogens is 603 g/mol. The van der Waals surface area contributed by atoms with Crippen LogP contribution in [-0.4, -0.2) is 88.7 Å². The van der Waals surface area contributed by atoms with Crippen molar-refractivity contribution < 1.29 is 41.0 Å². The molecule has 0 unspecified atom stereocenters. The number of hydrogen-bond acceptors (Lipinski definition) is 14. The average Bonchev–Trinajstić information content (AvgIpc) is 3.71. The number of phosphoric ester groups is 1. The van der Waals surface area contributed by atoms with E-state index in [1.54, 1.807) is 4.57 Å². The van der Waals surface area contributed by atoms with E-state index in [0.717, 1.165) is 0 Å². The van der Waals surface area contributed by atoms with Crippen LogP contribution >= 0.6 is 7.82 Å². The molecule has 0 amide bonds. The predicted molar refractivity (Wildman–Crippen MR) is 139 cm³/mol. The Hall–Kier alpha value is -3.40. The van der Waals surface area contributed by atoms with E-state index in [-0.39, 0.29) is 29.9 Å². The van der Waals surface area contributed by atoms with Gasteiger partial charge in [-0.1, -0.05) is 0 Å². The Labute approximate surface area is 235 Å². The molecule has 2 fully saturated rings. The van der Waals surface area contributed by atoms with Crippen molar-refractivity contribution in [2.45, 2.75) is 50.0 Å². The topological polar surface area (TPSA) is 274 Å². The molecule has 226 valence electrons. The van der Waals surface area contributed by atoms with Gasteiger partial charge in [-0.2, -0.15) is 13.1 Å². The van der Waals surface area contributed by atoms with E-state index in [2.05, 4.69) is 39.1 Å². The molecule has 6 N–H and O–H groups in total. The number of nitrogens with two attached hydrogens (primary N) is 1. The maximum Gasteiger partial charge on any atom is 0.469 e. The van der Waals surface area contributed by atoms with Crippen LogP contribution in [0.1, 0.15) is 31.7 Å². The molecule has 0 radical (unpaired) electrons. The summed E-state index contributed by atoms with van der Waals surface area (Å²) >= 11 is 0. The lowest BCUT2D eigenvalue weighted by molar-refractivity contribution is -0.0381. The van der Waals surface area contributed by atoms with Gasteiger partial charge in [0.15, 0.2) is 22.6 Å². The second kappa shape index (κ2) is 11.0. The van der Waals surface area contributed by atoms with Gasteiger partial charge in [-0.15, -0.1) is 0 Å². The maximum absolute atomic E-state index is 12.9. The van der Waals surface area contributed by atoms with Gasteiger partial charge >= 0.3 is 18.1 Å². The minimum atomic E-state index is -4.91. The lowest BCUT2D eigenvalue weighted by atomic mass is 10.2. The van der Waals surface area contributed by atoms with E-state index in [4.69, 9.17) is 29.2 Å². The SMILES string of the molecule is Nc1ncnc2c1ncn2[C@H]1CC[C@@H](CNS(=O)(=O)O[C@H]2C[C@H](n3cnc4c(=O)[nH]cnc43)O[C@@H]2COP(=O)(O)O)O1. The first kappa shape index (κ1) is 28.7. The van der Waals surface area contributed by atoms with Crippen molar-refractivity contribution in [1.82, 2.24) is 43.8 Å². The number of aromatic amines is 1. The maximum atomic E-state index is 12.9. The number of rotatable bonds is 10. The monoisotopic (exact) mass is 628 g/mol. The third-order valence-electron chi connectivity index (χ3n) is 6.78. The van der Waals surface area contributed by atoms with E-state index >= 15 is 0 Å². The minimum Gasteiger partial charge on any atom is -0.382 e. The number of H-pyrrole nitrogens is 1. The summed E-state index contributed by atoms with van der Waals surface area (Å²) in [6.45, 7) is -0.802. The zero-order valence-corrected chi connectivity index (χ0v) is 23.2. The van der Waals surface area contributed by atoms with Crippen LogP contribution in [0.2, 0.25) is 0 Å². The molecule has 4 aromatic heterocycles. The van der Waals surface area contributed by atoms with Crippen molar-refractivity contribution in [2.75, 3.05) is 18.9 Å². The highest BCUT2D eigenvalue weighted by atomic mass is 32.2. The highest BCUT2D eigenvalue weighted by Crippen LogP contribution is 2.39. The molecule has 5 atom stereocenters. The summed E-state index contributed by atoms with van der Waals surface area (Å²) in [6, 6.07) is 0. The Kier molecular flexibility index (Phi) is 7.53. The molecule has 4 aromatic rings. The summed E-state index contributed by atoms with van der Waals surface area (Å²) in [4.78, 5) is 53.1. The van der Waals surface area contributed by atoms with Gasteiger partial charge in [0.05, 0.1) is 31.7 Å². The average molecular weight is 629 g/mol. The first-order valence-corrected chi connectivity index (χ1v) is 15.4. The van der Waals surface area contributed by atoms with E-state index in [1.165, 1.54) is 29.9 Å². The Balaban J connectivity index is 1.11. The van der Waals surface area contributed by atoms with Gasteiger partial charge in [-0.3, -0.25) is 22.6 Å². The Morgan fingerprint density at radius 3 is 2.60 bits per heavy atom. The molecule has 0 aliphatic carbocycles. The van der Waals surface area contributed by atoms with Crippen LogP contribution in [0.5, 0.6) is 0 Å². The van der Waals surface area contributed by atoms with E-state index in [1.807, 2.05) is 0 Å². The van der Waals surface area contributed by atoms with E-state index < -0.39 is 61.1 Å². The predicted octanol–water partition coefficient (Wildman–Crippen LogP) is -1.16. The first-order valence-electron chi connectivity index (χ1n) is 12.5. The lowest BCUT2D eigenvalue weighted by Crippen LogP contribution is -2.38. The molecular formula is C20H25N10O10PS. The molecule has 0 bridgehead atoms. The van der Waals surface area contributed by atoms with Crippen molar-refractivity contribution in [1.29, 1.82) is 0 Å². The molecule has 6 heterocycles. The van der Waals surface area contributed by atoms with Crippen LogP contribution in [0.15, 0.2) is 30.1 Å². The number of ether oxygens (including phenoxy) is 2. The molecule has 42 heavy (non-hydrogen) atoms. The van der Waals surface area contributed by atoms with E-state index in [0.29, 0.717) is 24.0 Å². The van der Waals surface area contributed by atoms with Gasteiger partial charge in [0.25, 0.3) is 5.56 Å². The quantitative estimate of drug-likeness (QED) is 0.129. The zero-order chi connectivity index (χ0) is 29.6. The van der Waals surface area contributed by atoms with Gasteiger partial charge in [-0.25, -0.2) is 29.5 Å². The first-order chi connectivity index (χ1) is 20.0. The standard InChI is InChI=1S/C20H25N10O10PS/c21-17-15-18(23-6-22-17)29(8-26-15)13-2-1-10(38-13)4-28-42(35,36)40-11-3-14(39-12(11)5-37-41(32,33)34)30-9-27-16-19(30)24-7-25-20(16)31/h6-14,28H,1-5H2,(H2,21,22,23)(H,24,25,31)(H2,32,33,34)/t10-,11-,12+,13+,14+/m0/s1. The molecule has 2 aliphatic heterocycles. The van der Waals surface area contributed by atoms with Crippen LogP contribution in [0, 0.1) is 0 Å². The fourth-order valence-corrected chi connectivity index (χ4v) is 6.21. The van der Waals surface area contributed by atoms with Crippen molar-refractivity contribution in [3.8, 4) is 0 Å². The second-order valence-corrected chi connectivity index (χ2v) is 12.1. The number of aromatic nitrogens is 8. The smallest absolute Gasteiger partial charge is 0.382 e. The summed E-state index contributed by atoms with van der Waals surface area (Å²) < 4.78 is 64.3. The van der Waals surface area contributed by atoms with Crippen LogP contribution in [0.25, 0.3) is 22.3 Å². The third kappa shape index (κ3) is 5.91. The van der Waals surface area contributed by atoms with Crippen molar-refractivity contribution >= 4 is 46.3 Å². The fourth-order valence-electron chi connectivity index (χ4n) is 4.88. The summed E-state index contributed by atoms with van der Waals surface area (Å²) in [6.07, 6.45) is 1.93. The Morgan fingerprint density at radius 2 is 1.81 bits per heavy atom. The van der Waals surface area contributed by atoms with Gasteiger partial charge < -0.3 is 30.0 Å². The van der Waals surface area contributed by atoms with Crippen molar-refractivity contribution in [2.24, 2.45) is 0 Å². The normalized spacial score (nSPS) is 25.1. The van der Waals surface area contributed by atoms with Crippen LogP contribution < -0.4 is 16.0 Å². The molecule has 0 aromatic carbocycles. The fraction of sp³-hybridized carbons (Fsp3) is 0.500. The Bertz CT molecular complexity index is 1820. The number of phosphoric acid groups is 1. The molecule has 20 nitrogen and oxygen atoms in total. The number of nitrogens with one attached hydrogen (secondary N) is 2. The Morgan fingerprint density at radius 1 is 1.07 bits per heavy atom. The number of imidazole rings is 2.